The first kappa shape index (κ1) is 25.9. The topological polar surface area (TPSA) is 133 Å². The fourth-order valence-corrected chi connectivity index (χ4v) is 5.88. The highest BCUT2D eigenvalue weighted by Crippen LogP contribution is 2.30. The van der Waals surface area contributed by atoms with E-state index in [-0.39, 0.29) is 31.0 Å². The molecule has 0 bridgehead atoms. The Balaban J connectivity index is 1.38. The van der Waals surface area contributed by atoms with Gasteiger partial charge in [0, 0.05) is 43.4 Å². The number of aromatic nitrogens is 2. The molecule has 0 spiro atoms. The Morgan fingerprint density at radius 2 is 1.87 bits per heavy atom. The molecule has 1 saturated heterocycles. The van der Waals surface area contributed by atoms with E-state index >= 15 is 0 Å². The van der Waals surface area contributed by atoms with Crippen LogP contribution in [0.5, 0.6) is 0 Å². The molecule has 2 amide bonds. The van der Waals surface area contributed by atoms with Gasteiger partial charge >= 0.3 is 0 Å². The van der Waals surface area contributed by atoms with Crippen LogP contribution in [0.1, 0.15) is 34.5 Å². The number of nitrogens with one attached hydrogen (secondary N) is 3. The minimum absolute atomic E-state index is 0.00419. The van der Waals surface area contributed by atoms with Crippen molar-refractivity contribution in [1.29, 1.82) is 0 Å². The minimum Gasteiger partial charge on any atom is -0.368 e. The van der Waals surface area contributed by atoms with Crippen LogP contribution < -0.4 is 10.6 Å². The number of anilines is 2. The Labute approximate surface area is 215 Å². The number of hydrogen-bond acceptors (Lipinski definition) is 6. The molecule has 2 aliphatic heterocycles. The number of hydrogen-bond donors (Lipinski definition) is 3. The minimum atomic E-state index is -4.28. The lowest BCUT2D eigenvalue weighted by Gasteiger charge is -2.26. The quantitative estimate of drug-likeness (QED) is 0.433. The average Bonchev–Trinajstić information content (AvgIpc) is 3.54. The summed E-state index contributed by atoms with van der Waals surface area (Å²) in [6.45, 7) is 0.164. The molecule has 38 heavy (non-hydrogen) atoms. The predicted molar refractivity (Wildman–Crippen MR) is 128 cm³/mol. The van der Waals surface area contributed by atoms with Gasteiger partial charge in [-0.15, -0.1) is 0 Å². The highest BCUT2D eigenvalue weighted by Gasteiger charge is 2.33. The van der Waals surface area contributed by atoms with E-state index in [0.29, 0.717) is 36.8 Å². The van der Waals surface area contributed by atoms with Gasteiger partial charge in [-0.05, 0) is 37.1 Å². The van der Waals surface area contributed by atoms with Gasteiger partial charge in [0.05, 0.1) is 16.1 Å². The van der Waals surface area contributed by atoms with Gasteiger partial charge in [-0.25, -0.2) is 21.6 Å². The number of fused-ring (bicyclic) bond motifs is 1. The molecule has 1 atom stereocenters. The summed E-state index contributed by atoms with van der Waals surface area (Å²) in [6, 6.07) is 5.77. The van der Waals surface area contributed by atoms with E-state index in [2.05, 4.69) is 20.8 Å². The van der Waals surface area contributed by atoms with Crippen molar-refractivity contribution in [2.24, 2.45) is 0 Å². The molecule has 10 nitrogen and oxygen atoms in total. The number of sulfonamides is 1. The molecule has 2 aliphatic rings. The van der Waals surface area contributed by atoms with Gasteiger partial charge in [0.1, 0.15) is 23.6 Å². The summed E-state index contributed by atoms with van der Waals surface area (Å²) in [5.74, 6) is -4.44. The molecule has 14 heteroatoms. The number of ether oxygens (including phenoxy) is 1. The van der Waals surface area contributed by atoms with E-state index in [9.17, 15) is 31.2 Å². The second-order valence-corrected chi connectivity index (χ2v) is 10.8. The molecule has 3 aromatic rings. The third-order valence-corrected chi connectivity index (χ3v) is 8.15. The molecule has 0 unspecified atom stereocenters. The Hall–Kier alpha value is -3.75. The van der Waals surface area contributed by atoms with Gasteiger partial charge in [-0.3, -0.25) is 14.7 Å². The number of H-pyrrole nitrogens is 1. The highest BCUT2D eigenvalue weighted by molar-refractivity contribution is 7.89. The smallest absolute Gasteiger partial charge is 0.261 e. The first-order valence-electron chi connectivity index (χ1n) is 11.7. The molecule has 3 heterocycles. The lowest BCUT2D eigenvalue weighted by atomic mass is 10.1. The summed E-state index contributed by atoms with van der Waals surface area (Å²) in [5, 5.41) is 11.8. The molecular weight excluding hydrogens is 527 g/mol. The van der Waals surface area contributed by atoms with Gasteiger partial charge in [0.2, 0.25) is 10.0 Å². The zero-order valence-corrected chi connectivity index (χ0v) is 20.6. The molecule has 2 aromatic carbocycles. The molecule has 200 valence electrons. The Bertz CT molecular complexity index is 1500. The first-order chi connectivity index (χ1) is 18.1. The maximum atomic E-state index is 14.7. The lowest BCUT2D eigenvalue weighted by Crippen LogP contribution is -2.36. The van der Waals surface area contributed by atoms with Crippen molar-refractivity contribution in [3.8, 4) is 0 Å². The van der Waals surface area contributed by atoms with Crippen LogP contribution >= 0.6 is 0 Å². The number of aromatic amines is 1. The van der Waals surface area contributed by atoms with Crippen LogP contribution in [-0.2, 0) is 32.5 Å². The number of nitrogens with zero attached hydrogens (tertiary/aromatic N) is 2. The second kappa shape index (κ2) is 10.2. The van der Waals surface area contributed by atoms with Crippen molar-refractivity contribution in [1.82, 2.24) is 14.5 Å². The zero-order chi connectivity index (χ0) is 27.0. The zero-order valence-electron chi connectivity index (χ0n) is 19.8. The average molecular weight is 550 g/mol. The predicted octanol–water partition coefficient (Wildman–Crippen LogP) is 2.94. The molecule has 3 N–H and O–H groups in total. The van der Waals surface area contributed by atoms with Gasteiger partial charge in [-0.1, -0.05) is 6.07 Å². The summed E-state index contributed by atoms with van der Waals surface area (Å²) < 4.78 is 74.5. The first-order valence-corrected chi connectivity index (χ1v) is 13.1. The number of carbonyl (C=O) groups excluding carboxylic acids is 2. The van der Waals surface area contributed by atoms with Gasteiger partial charge in [0.25, 0.3) is 11.8 Å². The molecule has 5 rings (SSSR count). The highest BCUT2D eigenvalue weighted by atomic mass is 32.2. The number of halogens is 3. The fourth-order valence-electron chi connectivity index (χ4n) is 4.43. The lowest BCUT2D eigenvalue weighted by molar-refractivity contribution is -0.124. The van der Waals surface area contributed by atoms with Crippen molar-refractivity contribution in [3.05, 3.63) is 70.7 Å². The van der Waals surface area contributed by atoms with E-state index in [1.54, 1.807) is 0 Å². The fraction of sp³-hybridized carbons (Fsp3) is 0.292. The summed E-state index contributed by atoms with van der Waals surface area (Å²) in [7, 11) is -4.28. The van der Waals surface area contributed by atoms with Gasteiger partial charge in [0.15, 0.2) is 5.82 Å². The molecular formula is C24H22F3N5O5S. The maximum Gasteiger partial charge on any atom is 0.261 e. The largest absolute Gasteiger partial charge is 0.368 e. The Morgan fingerprint density at radius 3 is 2.58 bits per heavy atom. The number of carbonyl (C=O) groups is 2. The number of benzene rings is 2. The molecule has 1 aromatic heterocycles. The number of amides is 2. The van der Waals surface area contributed by atoms with E-state index in [0.717, 1.165) is 22.5 Å². The molecule has 0 saturated carbocycles. The normalized spacial score (nSPS) is 17.7. The third kappa shape index (κ3) is 5.01. The Morgan fingerprint density at radius 1 is 1.11 bits per heavy atom. The van der Waals surface area contributed by atoms with Crippen LogP contribution in [0.3, 0.4) is 0 Å². The standard InChI is InChI=1S/C24H22F3N5O5S/c25-13-9-14(26)11-15(10-13)38(35,36)32-7-6-18-16(12-32)22(31-30-18)29-24(34)21-17(27)3-1-4-19(21)28-23(33)20-5-2-8-37-20/h1,3-4,9-11,20H,2,5-8,12H2,(H,28,33)(H2,29,30,31,34)/t20-/m0/s1. The summed E-state index contributed by atoms with van der Waals surface area (Å²) in [6.07, 6.45) is 0.688. The Kier molecular flexibility index (Phi) is 6.94. The third-order valence-electron chi connectivity index (χ3n) is 6.32. The van der Waals surface area contributed by atoms with Gasteiger partial charge in [-0.2, -0.15) is 9.40 Å². The molecule has 0 radical (unpaired) electrons. The van der Waals surface area contributed by atoms with Crippen molar-refractivity contribution in [2.75, 3.05) is 23.8 Å². The van der Waals surface area contributed by atoms with E-state index in [1.165, 1.54) is 12.1 Å². The van der Waals surface area contributed by atoms with Crippen LogP contribution in [-0.4, -0.2) is 54.0 Å². The van der Waals surface area contributed by atoms with Crippen LogP contribution in [0, 0.1) is 17.5 Å². The molecule has 1 fully saturated rings. The van der Waals surface area contributed by atoms with Crippen molar-refractivity contribution >= 4 is 33.3 Å². The van der Waals surface area contributed by atoms with Crippen LogP contribution in [0.4, 0.5) is 24.7 Å². The summed E-state index contributed by atoms with van der Waals surface area (Å²) in [5.41, 5.74) is 0.347. The molecule has 0 aliphatic carbocycles. The number of rotatable bonds is 6. The van der Waals surface area contributed by atoms with Crippen LogP contribution in [0.15, 0.2) is 41.3 Å². The summed E-state index contributed by atoms with van der Waals surface area (Å²) >= 11 is 0. The van der Waals surface area contributed by atoms with E-state index < -0.39 is 55.9 Å². The van der Waals surface area contributed by atoms with Crippen LogP contribution in [0.2, 0.25) is 0 Å². The van der Waals surface area contributed by atoms with Crippen molar-refractivity contribution < 1.29 is 35.9 Å². The summed E-state index contributed by atoms with van der Waals surface area (Å²) in [4.78, 5) is 25.0. The van der Waals surface area contributed by atoms with Crippen molar-refractivity contribution in [3.63, 3.8) is 0 Å². The van der Waals surface area contributed by atoms with Crippen molar-refractivity contribution in [2.45, 2.75) is 36.8 Å². The van der Waals surface area contributed by atoms with Gasteiger partial charge < -0.3 is 15.4 Å². The van der Waals surface area contributed by atoms with Crippen LogP contribution in [0.25, 0.3) is 0 Å². The second-order valence-electron chi connectivity index (χ2n) is 8.83. The van der Waals surface area contributed by atoms with E-state index in [4.69, 9.17) is 4.74 Å². The monoisotopic (exact) mass is 549 g/mol. The maximum absolute atomic E-state index is 14.7. The SMILES string of the molecule is O=C(Nc1n[nH]c2c1CN(S(=O)(=O)c1cc(F)cc(F)c1)CC2)c1c(F)cccc1NC(=O)[C@@H]1CCCO1. The van der Waals surface area contributed by atoms with E-state index in [1.807, 2.05) is 0 Å².